The van der Waals surface area contributed by atoms with Crippen molar-refractivity contribution in [3.63, 3.8) is 0 Å². The lowest BCUT2D eigenvalue weighted by Crippen LogP contribution is -2.38. The maximum Gasteiger partial charge on any atom is 0.0594 e. The molecule has 1 saturated heterocycles. The van der Waals surface area contributed by atoms with Gasteiger partial charge in [0.25, 0.3) is 0 Å². The van der Waals surface area contributed by atoms with E-state index in [9.17, 15) is 0 Å². The van der Waals surface area contributed by atoms with Gasteiger partial charge in [0.05, 0.1) is 13.2 Å². The minimum Gasteiger partial charge on any atom is -0.379 e. The second-order valence-electron chi connectivity index (χ2n) is 3.98. The maximum absolute atomic E-state index is 5.39. The standard InChI is InChI=1S/C13H19NO/c1-2-13(12-6-4-3-5-7-12)14-8-10-15-11-9-14/h3-7,13H,2,8-11H2,1H3. The van der Waals surface area contributed by atoms with Crippen molar-refractivity contribution in [3.8, 4) is 0 Å². The van der Waals surface area contributed by atoms with Crippen LogP contribution in [0.5, 0.6) is 0 Å². The Labute approximate surface area is 91.9 Å². The van der Waals surface area contributed by atoms with Crippen LogP contribution in [0.25, 0.3) is 0 Å². The summed E-state index contributed by atoms with van der Waals surface area (Å²) < 4.78 is 5.39. The quantitative estimate of drug-likeness (QED) is 0.751. The van der Waals surface area contributed by atoms with E-state index in [1.165, 1.54) is 12.0 Å². The zero-order valence-corrected chi connectivity index (χ0v) is 9.36. The number of rotatable bonds is 3. The summed E-state index contributed by atoms with van der Waals surface area (Å²) >= 11 is 0. The number of hydrogen-bond acceptors (Lipinski definition) is 2. The smallest absolute Gasteiger partial charge is 0.0594 e. The van der Waals surface area contributed by atoms with Gasteiger partial charge in [0.15, 0.2) is 0 Å². The minimum absolute atomic E-state index is 0.565. The maximum atomic E-state index is 5.39. The zero-order chi connectivity index (χ0) is 10.5. The van der Waals surface area contributed by atoms with Crippen molar-refractivity contribution in [2.75, 3.05) is 26.3 Å². The van der Waals surface area contributed by atoms with Gasteiger partial charge in [-0.05, 0) is 12.0 Å². The van der Waals surface area contributed by atoms with Gasteiger partial charge >= 0.3 is 0 Å². The third-order valence-electron chi connectivity index (χ3n) is 3.06. The van der Waals surface area contributed by atoms with Crippen molar-refractivity contribution in [3.05, 3.63) is 35.9 Å². The summed E-state index contributed by atoms with van der Waals surface area (Å²) in [5.41, 5.74) is 1.43. The van der Waals surface area contributed by atoms with Crippen LogP contribution in [0.15, 0.2) is 30.3 Å². The number of morpholine rings is 1. The van der Waals surface area contributed by atoms with Gasteiger partial charge < -0.3 is 4.74 Å². The van der Waals surface area contributed by atoms with Crippen LogP contribution < -0.4 is 0 Å². The van der Waals surface area contributed by atoms with Crippen molar-refractivity contribution in [1.29, 1.82) is 0 Å². The van der Waals surface area contributed by atoms with Crippen LogP contribution in [-0.4, -0.2) is 31.2 Å². The van der Waals surface area contributed by atoms with E-state index in [1.807, 2.05) is 0 Å². The van der Waals surface area contributed by atoms with Crippen LogP contribution in [0.4, 0.5) is 0 Å². The average Bonchev–Trinajstić information content (AvgIpc) is 2.33. The molecule has 0 spiro atoms. The average molecular weight is 205 g/mol. The molecule has 0 N–H and O–H groups in total. The van der Waals surface area contributed by atoms with Gasteiger partial charge in [-0.1, -0.05) is 37.3 Å². The lowest BCUT2D eigenvalue weighted by Gasteiger charge is -2.34. The molecule has 0 bridgehead atoms. The lowest BCUT2D eigenvalue weighted by molar-refractivity contribution is 0.0152. The Morgan fingerprint density at radius 1 is 1.20 bits per heavy atom. The van der Waals surface area contributed by atoms with E-state index in [0.717, 1.165) is 26.3 Å². The molecule has 0 aliphatic carbocycles. The van der Waals surface area contributed by atoms with Gasteiger partial charge in [-0.15, -0.1) is 0 Å². The fourth-order valence-corrected chi connectivity index (χ4v) is 2.27. The van der Waals surface area contributed by atoms with Gasteiger partial charge in [-0.2, -0.15) is 0 Å². The Balaban J connectivity index is 2.09. The van der Waals surface area contributed by atoms with Crippen molar-refractivity contribution < 1.29 is 4.74 Å². The number of ether oxygens (including phenoxy) is 1. The summed E-state index contributed by atoms with van der Waals surface area (Å²) in [5.74, 6) is 0. The molecule has 1 atom stereocenters. The summed E-state index contributed by atoms with van der Waals surface area (Å²) in [7, 11) is 0. The first-order valence-corrected chi connectivity index (χ1v) is 5.78. The molecule has 0 amide bonds. The molecule has 2 nitrogen and oxygen atoms in total. The van der Waals surface area contributed by atoms with E-state index in [1.54, 1.807) is 0 Å². The van der Waals surface area contributed by atoms with Crippen LogP contribution in [0.3, 0.4) is 0 Å². The Kier molecular flexibility index (Phi) is 3.75. The van der Waals surface area contributed by atoms with Crippen molar-refractivity contribution in [2.24, 2.45) is 0 Å². The summed E-state index contributed by atoms with van der Waals surface area (Å²) in [4.78, 5) is 2.53. The topological polar surface area (TPSA) is 12.5 Å². The van der Waals surface area contributed by atoms with Crippen LogP contribution in [-0.2, 0) is 4.74 Å². The SMILES string of the molecule is CCC(c1ccccc1)N1CCOCC1. The number of nitrogens with zero attached hydrogens (tertiary/aromatic N) is 1. The molecule has 1 aliphatic rings. The third-order valence-corrected chi connectivity index (χ3v) is 3.06. The highest BCUT2D eigenvalue weighted by molar-refractivity contribution is 5.19. The molecule has 1 aliphatic heterocycles. The first-order chi connectivity index (χ1) is 7.42. The largest absolute Gasteiger partial charge is 0.379 e. The first kappa shape index (κ1) is 10.7. The summed E-state index contributed by atoms with van der Waals surface area (Å²) in [6.07, 6.45) is 1.17. The predicted octanol–water partition coefficient (Wildman–Crippen LogP) is 2.47. The molecule has 82 valence electrons. The normalized spacial score (nSPS) is 20.1. The first-order valence-electron chi connectivity index (χ1n) is 5.78. The molecule has 1 aromatic rings. The van der Waals surface area contributed by atoms with Crippen LogP contribution in [0.1, 0.15) is 24.9 Å². The van der Waals surface area contributed by atoms with E-state index >= 15 is 0 Å². The molecular weight excluding hydrogens is 186 g/mol. The van der Waals surface area contributed by atoms with E-state index in [0.29, 0.717) is 6.04 Å². The number of benzene rings is 1. The molecule has 1 unspecified atom stereocenters. The minimum atomic E-state index is 0.565. The van der Waals surface area contributed by atoms with E-state index in [-0.39, 0.29) is 0 Å². The molecule has 15 heavy (non-hydrogen) atoms. The molecule has 0 saturated carbocycles. The summed E-state index contributed by atoms with van der Waals surface area (Å²) in [6, 6.07) is 11.3. The highest BCUT2D eigenvalue weighted by Crippen LogP contribution is 2.24. The van der Waals surface area contributed by atoms with E-state index in [4.69, 9.17) is 4.74 Å². The highest BCUT2D eigenvalue weighted by Gasteiger charge is 2.20. The van der Waals surface area contributed by atoms with E-state index in [2.05, 4.69) is 42.2 Å². The molecule has 0 aromatic heterocycles. The molecule has 1 fully saturated rings. The fraction of sp³-hybridized carbons (Fsp3) is 0.538. The number of hydrogen-bond donors (Lipinski definition) is 0. The van der Waals surface area contributed by atoms with Gasteiger partial charge in [-0.25, -0.2) is 0 Å². The zero-order valence-electron chi connectivity index (χ0n) is 9.36. The van der Waals surface area contributed by atoms with Crippen molar-refractivity contribution in [1.82, 2.24) is 4.90 Å². The fourth-order valence-electron chi connectivity index (χ4n) is 2.27. The lowest BCUT2D eigenvalue weighted by atomic mass is 10.0. The highest BCUT2D eigenvalue weighted by atomic mass is 16.5. The van der Waals surface area contributed by atoms with Crippen LogP contribution in [0, 0.1) is 0 Å². The molecule has 0 radical (unpaired) electrons. The second-order valence-corrected chi connectivity index (χ2v) is 3.98. The molecule has 1 aromatic carbocycles. The Morgan fingerprint density at radius 3 is 2.47 bits per heavy atom. The van der Waals surface area contributed by atoms with Gasteiger partial charge in [0.1, 0.15) is 0 Å². The molecule has 2 rings (SSSR count). The van der Waals surface area contributed by atoms with Gasteiger partial charge in [0, 0.05) is 19.1 Å². The third kappa shape index (κ3) is 2.58. The van der Waals surface area contributed by atoms with Crippen molar-refractivity contribution in [2.45, 2.75) is 19.4 Å². The van der Waals surface area contributed by atoms with Crippen molar-refractivity contribution >= 4 is 0 Å². The monoisotopic (exact) mass is 205 g/mol. The Morgan fingerprint density at radius 2 is 1.87 bits per heavy atom. The molecule has 2 heteroatoms. The van der Waals surface area contributed by atoms with Crippen LogP contribution >= 0.6 is 0 Å². The van der Waals surface area contributed by atoms with Gasteiger partial charge in [0.2, 0.25) is 0 Å². The Bertz CT molecular complexity index is 280. The molecular formula is C13H19NO. The summed E-state index contributed by atoms with van der Waals surface area (Å²) in [6.45, 7) is 6.14. The van der Waals surface area contributed by atoms with Crippen LogP contribution in [0.2, 0.25) is 0 Å². The summed E-state index contributed by atoms with van der Waals surface area (Å²) in [5, 5.41) is 0. The van der Waals surface area contributed by atoms with E-state index < -0.39 is 0 Å². The Hall–Kier alpha value is -0.860. The van der Waals surface area contributed by atoms with Gasteiger partial charge in [-0.3, -0.25) is 4.90 Å². The second kappa shape index (κ2) is 5.29. The molecule has 1 heterocycles. The predicted molar refractivity (Wildman–Crippen MR) is 61.9 cm³/mol.